The Balaban J connectivity index is 2.22. The fraction of sp³-hybridized carbons (Fsp3) is 0.500. The summed E-state index contributed by atoms with van der Waals surface area (Å²) in [5.74, 6) is -2.42. The lowest BCUT2D eigenvalue weighted by molar-refractivity contribution is -0.352. The van der Waals surface area contributed by atoms with E-state index < -0.39 is 43.1 Å². The van der Waals surface area contributed by atoms with E-state index in [1.54, 1.807) is 24.3 Å². The van der Waals surface area contributed by atoms with Crippen LogP contribution >= 0.6 is 0 Å². The molecule has 120 valence electrons. The lowest BCUT2D eigenvalue weighted by Gasteiger charge is -2.41. The van der Waals surface area contributed by atoms with Gasteiger partial charge in [-0.1, -0.05) is 30.3 Å². The van der Waals surface area contributed by atoms with Gasteiger partial charge in [-0.2, -0.15) is 5.26 Å². The molecule has 0 radical (unpaired) electrons. The molecule has 22 heavy (non-hydrogen) atoms. The fourth-order valence-corrected chi connectivity index (χ4v) is 2.16. The molecule has 2 unspecified atom stereocenters. The molecule has 8 heteroatoms. The molecule has 1 aliphatic heterocycles. The molecular weight excluding hydrogens is 294 g/mol. The predicted molar refractivity (Wildman–Crippen MR) is 70.8 cm³/mol. The van der Waals surface area contributed by atoms with E-state index in [0.717, 1.165) is 0 Å². The van der Waals surface area contributed by atoms with Crippen molar-refractivity contribution >= 4 is 0 Å². The number of nitriles is 1. The van der Waals surface area contributed by atoms with Crippen molar-refractivity contribution < 1.29 is 35.0 Å². The molecule has 1 aliphatic rings. The van der Waals surface area contributed by atoms with Gasteiger partial charge in [-0.25, -0.2) is 0 Å². The smallest absolute Gasteiger partial charge is 0.286 e. The lowest BCUT2D eigenvalue weighted by Crippen LogP contribution is -2.60. The first-order valence-electron chi connectivity index (χ1n) is 6.60. The first-order chi connectivity index (χ1) is 10.4. The van der Waals surface area contributed by atoms with Crippen LogP contribution in [0.1, 0.15) is 5.56 Å². The Bertz CT molecular complexity index is 532. The van der Waals surface area contributed by atoms with Gasteiger partial charge in [-0.15, -0.1) is 0 Å². The van der Waals surface area contributed by atoms with Gasteiger partial charge in [0.15, 0.2) is 6.29 Å². The maximum atomic E-state index is 10.3. The summed E-state index contributed by atoms with van der Waals surface area (Å²) in [5.41, 5.74) is 0.106. The van der Waals surface area contributed by atoms with Crippen LogP contribution in [0.25, 0.3) is 0 Å². The Kier molecular flexibility index (Phi) is 5.10. The number of hydrogen-bond donors (Lipinski definition) is 5. The average Bonchev–Trinajstić information content (AvgIpc) is 2.56. The molecule has 0 amide bonds. The topological polar surface area (TPSA) is 143 Å². The summed E-state index contributed by atoms with van der Waals surface area (Å²) in [5, 5.41) is 57.8. The zero-order valence-corrected chi connectivity index (χ0v) is 11.5. The van der Waals surface area contributed by atoms with Crippen LogP contribution in [-0.4, -0.2) is 62.8 Å². The lowest BCUT2D eigenvalue weighted by atomic mass is 9.99. The number of ether oxygens (including phenoxy) is 2. The Labute approximate surface area is 126 Å². The predicted octanol–water partition coefficient (Wildman–Crippen LogP) is -1.83. The molecule has 0 saturated carbocycles. The average molecular weight is 311 g/mol. The van der Waals surface area contributed by atoms with Gasteiger partial charge in [0.05, 0.1) is 6.61 Å². The third-order valence-electron chi connectivity index (χ3n) is 3.45. The van der Waals surface area contributed by atoms with Gasteiger partial charge in [0.2, 0.25) is 0 Å². The molecule has 1 aromatic rings. The Morgan fingerprint density at radius 3 is 2.32 bits per heavy atom. The Morgan fingerprint density at radius 1 is 1.14 bits per heavy atom. The highest BCUT2D eigenvalue weighted by atomic mass is 16.8. The minimum Gasteiger partial charge on any atom is -0.394 e. The van der Waals surface area contributed by atoms with Gasteiger partial charge in [-0.3, -0.25) is 0 Å². The number of rotatable bonds is 4. The molecule has 1 saturated heterocycles. The summed E-state index contributed by atoms with van der Waals surface area (Å²) in [7, 11) is 0. The van der Waals surface area contributed by atoms with Crippen LogP contribution in [0.5, 0.6) is 0 Å². The standard InChI is InChI=1S/C14H17NO7/c15-7-14(20,8-4-2-1-3-5-8)22-13-12(19)11(18)10(17)9(6-16)21-13/h1-5,9-13,16-20H,6H2/t9-,10-,11+,12-,13?,14?/m1/s1. The second kappa shape index (κ2) is 6.68. The molecule has 0 spiro atoms. The summed E-state index contributed by atoms with van der Waals surface area (Å²) in [6, 6.07) is 9.26. The quantitative estimate of drug-likeness (QED) is 0.323. The highest BCUT2D eigenvalue weighted by Crippen LogP contribution is 2.29. The van der Waals surface area contributed by atoms with Crippen molar-refractivity contribution in [2.45, 2.75) is 36.5 Å². The molecule has 0 bridgehead atoms. The Hall–Kier alpha value is -1.57. The van der Waals surface area contributed by atoms with E-state index in [1.807, 2.05) is 0 Å². The van der Waals surface area contributed by atoms with Gasteiger partial charge in [-0.05, 0) is 0 Å². The largest absolute Gasteiger partial charge is 0.394 e. The second-order valence-corrected chi connectivity index (χ2v) is 4.94. The Morgan fingerprint density at radius 2 is 1.77 bits per heavy atom. The number of hydrogen-bond acceptors (Lipinski definition) is 8. The normalized spacial score (nSPS) is 34.6. The van der Waals surface area contributed by atoms with Crippen molar-refractivity contribution in [1.82, 2.24) is 0 Å². The van der Waals surface area contributed by atoms with Gasteiger partial charge in [0.1, 0.15) is 30.5 Å². The summed E-state index contributed by atoms with van der Waals surface area (Å²) in [6.07, 6.45) is -7.72. The summed E-state index contributed by atoms with van der Waals surface area (Å²) >= 11 is 0. The van der Waals surface area contributed by atoms with E-state index in [2.05, 4.69) is 0 Å². The summed E-state index contributed by atoms with van der Waals surface area (Å²) in [6.45, 7) is -0.638. The highest BCUT2D eigenvalue weighted by molar-refractivity contribution is 5.25. The maximum Gasteiger partial charge on any atom is 0.286 e. The zero-order chi connectivity index (χ0) is 16.3. The minimum atomic E-state index is -2.42. The van der Waals surface area contributed by atoms with Crippen molar-refractivity contribution in [3.8, 4) is 6.07 Å². The van der Waals surface area contributed by atoms with E-state index in [0.29, 0.717) is 0 Å². The van der Waals surface area contributed by atoms with Crippen LogP contribution < -0.4 is 0 Å². The van der Waals surface area contributed by atoms with Crippen LogP contribution in [-0.2, 0) is 15.3 Å². The molecule has 1 aromatic carbocycles. The monoisotopic (exact) mass is 311 g/mol. The van der Waals surface area contributed by atoms with Crippen molar-refractivity contribution in [2.75, 3.05) is 6.61 Å². The molecule has 6 atom stereocenters. The first-order valence-corrected chi connectivity index (χ1v) is 6.60. The summed E-state index contributed by atoms with van der Waals surface area (Å²) in [4.78, 5) is 0. The molecule has 8 nitrogen and oxygen atoms in total. The van der Waals surface area contributed by atoms with E-state index >= 15 is 0 Å². The highest BCUT2D eigenvalue weighted by Gasteiger charge is 2.47. The van der Waals surface area contributed by atoms with Gasteiger partial charge in [0.25, 0.3) is 5.79 Å². The fourth-order valence-electron chi connectivity index (χ4n) is 2.16. The molecule has 0 aromatic heterocycles. The van der Waals surface area contributed by atoms with Crippen molar-refractivity contribution in [2.24, 2.45) is 0 Å². The van der Waals surface area contributed by atoms with Gasteiger partial charge < -0.3 is 35.0 Å². The zero-order valence-electron chi connectivity index (χ0n) is 11.5. The van der Waals surface area contributed by atoms with Crippen LogP contribution in [0.15, 0.2) is 30.3 Å². The molecular formula is C14H17NO7. The van der Waals surface area contributed by atoms with E-state index in [9.17, 15) is 25.7 Å². The number of aliphatic hydroxyl groups excluding tert-OH is 4. The van der Waals surface area contributed by atoms with Crippen LogP contribution in [0.2, 0.25) is 0 Å². The first kappa shape index (κ1) is 16.8. The van der Waals surface area contributed by atoms with Gasteiger partial charge in [0, 0.05) is 5.56 Å². The maximum absolute atomic E-state index is 10.3. The molecule has 1 fully saturated rings. The van der Waals surface area contributed by atoms with E-state index in [-0.39, 0.29) is 5.56 Å². The molecule has 0 aliphatic carbocycles. The number of nitrogens with zero attached hydrogens (tertiary/aromatic N) is 1. The third-order valence-corrected chi connectivity index (χ3v) is 3.45. The molecule has 1 heterocycles. The van der Waals surface area contributed by atoms with Crippen molar-refractivity contribution in [1.29, 1.82) is 5.26 Å². The minimum absolute atomic E-state index is 0.106. The number of benzene rings is 1. The van der Waals surface area contributed by atoms with Crippen LogP contribution in [0.3, 0.4) is 0 Å². The van der Waals surface area contributed by atoms with E-state index in [1.165, 1.54) is 12.1 Å². The SMILES string of the molecule is N#CC(O)(OC1O[C@H](CO)[C@@H](O)[C@H](O)[C@H]1O)c1ccccc1. The van der Waals surface area contributed by atoms with Crippen molar-refractivity contribution in [3.63, 3.8) is 0 Å². The molecule has 5 N–H and O–H groups in total. The third kappa shape index (κ3) is 3.11. The van der Waals surface area contributed by atoms with Crippen molar-refractivity contribution in [3.05, 3.63) is 35.9 Å². The summed E-state index contributed by atoms with van der Waals surface area (Å²) < 4.78 is 10.2. The second-order valence-electron chi connectivity index (χ2n) is 4.94. The van der Waals surface area contributed by atoms with Crippen LogP contribution in [0, 0.1) is 11.3 Å². The molecule has 2 rings (SSSR count). The van der Waals surface area contributed by atoms with E-state index in [4.69, 9.17) is 14.6 Å². The van der Waals surface area contributed by atoms with Crippen LogP contribution in [0.4, 0.5) is 0 Å². The van der Waals surface area contributed by atoms with Gasteiger partial charge >= 0.3 is 0 Å². The number of aliphatic hydroxyl groups is 5.